The van der Waals surface area contributed by atoms with Crippen molar-refractivity contribution in [2.45, 2.75) is 62.3 Å². The predicted octanol–water partition coefficient (Wildman–Crippen LogP) is 2.82. The zero-order valence-corrected chi connectivity index (χ0v) is 23.8. The van der Waals surface area contributed by atoms with Crippen LogP contribution in [0.2, 0.25) is 0 Å². The molecule has 1 rings (SSSR count). The number of carbonyl (C=O) groups excluding carboxylic acids is 3. The summed E-state index contributed by atoms with van der Waals surface area (Å²) in [4.78, 5) is 54.5. The van der Waals surface area contributed by atoms with E-state index < -0.39 is 16.2 Å². The predicted molar refractivity (Wildman–Crippen MR) is 136 cm³/mol. The number of ether oxygens (including phenoxy) is 3. The second-order valence-corrected chi connectivity index (χ2v) is 11.8. The van der Waals surface area contributed by atoms with Crippen LogP contribution in [0.15, 0.2) is 0 Å². The largest absolute Gasteiger partial charge is 0.444 e. The van der Waals surface area contributed by atoms with Crippen molar-refractivity contribution in [1.82, 2.24) is 15.0 Å². The topological polar surface area (TPSA) is 127 Å². The van der Waals surface area contributed by atoms with Gasteiger partial charge in [0, 0.05) is 21.1 Å². The smallest absolute Gasteiger partial charge is 0.312 e. The lowest BCUT2D eigenvalue weighted by Gasteiger charge is -2.26. The summed E-state index contributed by atoms with van der Waals surface area (Å²) in [6.07, 6.45) is 0. The summed E-state index contributed by atoms with van der Waals surface area (Å²) in [7, 11) is 4.99. The highest BCUT2D eigenvalue weighted by Crippen LogP contribution is 2.21. The Labute approximate surface area is 214 Å². The van der Waals surface area contributed by atoms with Gasteiger partial charge in [0.05, 0.1) is 16.2 Å². The Morgan fingerprint density at radius 1 is 0.528 bits per heavy atom. The minimum atomic E-state index is -0.662. The molecule has 204 valence electrons. The molecule has 36 heavy (non-hydrogen) atoms. The zero-order valence-electron chi connectivity index (χ0n) is 23.8. The van der Waals surface area contributed by atoms with Gasteiger partial charge in [0.25, 0.3) is 0 Å². The highest BCUT2D eigenvalue weighted by atomic mass is 16.6. The second-order valence-electron chi connectivity index (χ2n) is 11.8. The van der Waals surface area contributed by atoms with Gasteiger partial charge >= 0.3 is 17.9 Å². The number of hydrogen-bond acceptors (Lipinski definition) is 12. The molecule has 0 radical (unpaired) electrons. The Kier molecular flexibility index (Phi) is 10.0. The van der Waals surface area contributed by atoms with E-state index in [-0.39, 0.29) is 55.9 Å². The van der Waals surface area contributed by atoms with E-state index >= 15 is 0 Å². The van der Waals surface area contributed by atoms with E-state index in [4.69, 9.17) is 14.2 Å². The van der Waals surface area contributed by atoms with E-state index in [2.05, 4.69) is 15.0 Å². The molecule has 0 amide bonds. The van der Waals surface area contributed by atoms with E-state index in [0.717, 1.165) is 0 Å². The first-order valence-electron chi connectivity index (χ1n) is 11.6. The lowest BCUT2D eigenvalue weighted by Crippen LogP contribution is -2.34. The van der Waals surface area contributed by atoms with Crippen molar-refractivity contribution in [2.75, 3.05) is 56.0 Å². The third-order valence-electron chi connectivity index (χ3n) is 4.63. The van der Waals surface area contributed by atoms with Crippen molar-refractivity contribution >= 4 is 35.8 Å². The molecular weight excluding hydrogens is 468 g/mol. The van der Waals surface area contributed by atoms with E-state index in [1.54, 1.807) is 98.2 Å². The molecule has 0 aliphatic rings. The van der Waals surface area contributed by atoms with Crippen LogP contribution in [0.1, 0.15) is 62.3 Å². The summed E-state index contributed by atoms with van der Waals surface area (Å²) in [5, 5.41) is 0. The normalized spacial score (nSPS) is 12.0. The average Bonchev–Trinajstić information content (AvgIpc) is 2.76. The van der Waals surface area contributed by atoms with Crippen molar-refractivity contribution in [3.63, 3.8) is 0 Å². The lowest BCUT2D eigenvalue weighted by molar-refractivity contribution is -0.153. The molecule has 0 bridgehead atoms. The molecule has 0 saturated heterocycles. The van der Waals surface area contributed by atoms with Gasteiger partial charge in [-0.2, -0.15) is 15.0 Å². The first kappa shape index (κ1) is 30.9. The van der Waals surface area contributed by atoms with Crippen molar-refractivity contribution in [3.05, 3.63) is 0 Å². The van der Waals surface area contributed by atoms with Gasteiger partial charge < -0.3 is 28.9 Å². The van der Waals surface area contributed by atoms with Gasteiger partial charge in [0.2, 0.25) is 17.8 Å². The standard InChI is InChI=1S/C24H42N6O6/c1-22(2,3)16(31)34-13-28(10)19-25-20(29(11)14-35-17(32)23(4,5)6)27-21(26-19)30(12)15-36-18(33)24(7,8)9/h13-15H2,1-12H3. The molecule has 1 aromatic heterocycles. The first-order valence-corrected chi connectivity index (χ1v) is 11.6. The zero-order chi connectivity index (χ0) is 28.1. The number of rotatable bonds is 9. The molecule has 0 aliphatic heterocycles. The maximum absolute atomic E-state index is 12.2. The molecule has 0 saturated carbocycles. The summed E-state index contributed by atoms with van der Waals surface area (Å²) >= 11 is 0. The molecule has 1 aromatic rings. The summed E-state index contributed by atoms with van der Waals surface area (Å²) in [5.74, 6) is -0.497. The molecule has 12 heteroatoms. The molecule has 0 spiro atoms. The van der Waals surface area contributed by atoms with Crippen molar-refractivity contribution < 1.29 is 28.6 Å². The van der Waals surface area contributed by atoms with Crippen LogP contribution in [-0.4, -0.2) is 74.2 Å². The molecule has 0 N–H and O–H groups in total. The molecule has 0 atom stereocenters. The Morgan fingerprint density at radius 2 is 0.722 bits per heavy atom. The summed E-state index contributed by atoms with van der Waals surface area (Å²) < 4.78 is 16.1. The van der Waals surface area contributed by atoms with Crippen LogP contribution >= 0.6 is 0 Å². The summed E-state index contributed by atoms with van der Waals surface area (Å²) in [5.41, 5.74) is -1.99. The van der Waals surface area contributed by atoms with Crippen LogP contribution in [0.3, 0.4) is 0 Å². The van der Waals surface area contributed by atoms with Crippen LogP contribution in [0.5, 0.6) is 0 Å². The van der Waals surface area contributed by atoms with Gasteiger partial charge in [0.15, 0.2) is 20.2 Å². The third-order valence-corrected chi connectivity index (χ3v) is 4.63. The molecule has 0 aliphatic carbocycles. The monoisotopic (exact) mass is 510 g/mol. The summed E-state index contributed by atoms with van der Waals surface area (Å²) in [6.45, 7) is 15.6. The van der Waals surface area contributed by atoms with Gasteiger partial charge in [0.1, 0.15) is 0 Å². The molecule has 0 fully saturated rings. The first-order chi connectivity index (χ1) is 16.2. The van der Waals surface area contributed by atoms with E-state index in [0.29, 0.717) is 0 Å². The highest BCUT2D eigenvalue weighted by Gasteiger charge is 2.27. The highest BCUT2D eigenvalue weighted by molar-refractivity contribution is 5.76. The fourth-order valence-corrected chi connectivity index (χ4v) is 2.14. The molecule has 0 unspecified atom stereocenters. The Hall–Kier alpha value is -3.18. The number of anilines is 3. The number of nitrogens with zero attached hydrogens (tertiary/aromatic N) is 6. The fourth-order valence-electron chi connectivity index (χ4n) is 2.14. The third kappa shape index (κ3) is 9.46. The van der Waals surface area contributed by atoms with Crippen molar-refractivity contribution in [1.29, 1.82) is 0 Å². The number of esters is 3. The number of carbonyl (C=O) groups is 3. The van der Waals surface area contributed by atoms with Gasteiger partial charge in [-0.15, -0.1) is 0 Å². The van der Waals surface area contributed by atoms with Gasteiger partial charge in [-0.25, -0.2) is 0 Å². The maximum Gasteiger partial charge on any atom is 0.312 e. The minimum absolute atomic E-state index is 0.0928. The van der Waals surface area contributed by atoms with Gasteiger partial charge in [-0.1, -0.05) is 0 Å². The SMILES string of the molecule is CN(COC(=O)C(C)(C)C)c1nc(N(C)COC(=O)C(C)(C)C)nc(N(C)COC(=O)C(C)(C)C)n1. The Balaban J connectivity index is 3.18. The number of aromatic nitrogens is 3. The fraction of sp³-hybridized carbons (Fsp3) is 0.750. The van der Waals surface area contributed by atoms with Crippen LogP contribution < -0.4 is 14.7 Å². The average molecular weight is 511 g/mol. The van der Waals surface area contributed by atoms with Crippen LogP contribution in [0, 0.1) is 16.2 Å². The molecule has 1 heterocycles. The Bertz CT molecular complexity index is 801. The van der Waals surface area contributed by atoms with E-state index in [9.17, 15) is 14.4 Å². The van der Waals surface area contributed by atoms with Crippen LogP contribution in [0.4, 0.5) is 17.8 Å². The quantitative estimate of drug-likeness (QED) is 0.275. The minimum Gasteiger partial charge on any atom is -0.444 e. The van der Waals surface area contributed by atoms with Crippen LogP contribution in [-0.2, 0) is 28.6 Å². The van der Waals surface area contributed by atoms with Crippen molar-refractivity contribution in [2.24, 2.45) is 16.2 Å². The van der Waals surface area contributed by atoms with Gasteiger partial charge in [-0.3, -0.25) is 14.4 Å². The van der Waals surface area contributed by atoms with E-state index in [1.165, 1.54) is 0 Å². The lowest BCUT2D eigenvalue weighted by atomic mass is 9.97. The second kappa shape index (κ2) is 11.7. The van der Waals surface area contributed by atoms with Crippen molar-refractivity contribution in [3.8, 4) is 0 Å². The summed E-state index contributed by atoms with van der Waals surface area (Å²) in [6, 6.07) is 0. The maximum atomic E-state index is 12.2. The Morgan fingerprint density at radius 3 is 0.889 bits per heavy atom. The molecule has 12 nitrogen and oxygen atoms in total. The van der Waals surface area contributed by atoms with Gasteiger partial charge in [-0.05, 0) is 62.3 Å². The molecular formula is C24H42N6O6. The molecule has 0 aromatic carbocycles. The van der Waals surface area contributed by atoms with E-state index in [1.807, 2.05) is 0 Å². The number of hydrogen-bond donors (Lipinski definition) is 0. The van der Waals surface area contributed by atoms with Crippen LogP contribution in [0.25, 0.3) is 0 Å².